The van der Waals surface area contributed by atoms with Crippen molar-refractivity contribution in [1.82, 2.24) is 0 Å². The predicted octanol–water partition coefficient (Wildman–Crippen LogP) is 4.95. The Balaban J connectivity index is 1.79. The molecule has 3 aromatic rings. The molecule has 1 aliphatic carbocycles. The zero-order valence-electron chi connectivity index (χ0n) is 14.2. The van der Waals surface area contributed by atoms with E-state index in [2.05, 4.69) is 0 Å². The van der Waals surface area contributed by atoms with Gasteiger partial charge in [0.1, 0.15) is 0 Å². The van der Waals surface area contributed by atoms with E-state index in [0.717, 1.165) is 27.1 Å². The van der Waals surface area contributed by atoms with E-state index >= 15 is 0 Å². The van der Waals surface area contributed by atoms with Crippen molar-refractivity contribution in [2.45, 2.75) is 18.3 Å². The van der Waals surface area contributed by atoms with E-state index in [1.54, 1.807) is 6.07 Å². The van der Waals surface area contributed by atoms with Crippen molar-refractivity contribution in [3.05, 3.63) is 70.1 Å². The fourth-order valence-corrected chi connectivity index (χ4v) is 4.67. The number of carbonyl (C=O) groups excluding carboxylic acids is 1. The second-order valence-electron chi connectivity index (χ2n) is 6.67. The Hall–Kier alpha value is -2.63. The molecule has 0 spiro atoms. The maximum atomic E-state index is 11.8. The first-order chi connectivity index (χ1) is 12.9. The number of carbonyl (C=O) groups is 2. The van der Waals surface area contributed by atoms with Crippen molar-refractivity contribution < 1.29 is 14.7 Å². The number of carboxylic acids is 1. The lowest BCUT2D eigenvalue weighted by Crippen LogP contribution is -2.19. The average molecular weight is 398 g/mol. The van der Waals surface area contributed by atoms with Gasteiger partial charge in [-0.25, -0.2) is 0 Å². The van der Waals surface area contributed by atoms with E-state index in [-0.39, 0.29) is 0 Å². The van der Waals surface area contributed by atoms with Crippen molar-refractivity contribution in [3.63, 3.8) is 0 Å². The van der Waals surface area contributed by atoms with Crippen molar-refractivity contribution in [1.29, 1.82) is 0 Å². The highest BCUT2D eigenvalue weighted by Crippen LogP contribution is 2.49. The summed E-state index contributed by atoms with van der Waals surface area (Å²) in [5.74, 6) is -1.29. The summed E-state index contributed by atoms with van der Waals surface area (Å²) in [5.41, 5.74) is 8.76. The minimum atomic E-state index is -0.769. The van der Waals surface area contributed by atoms with Crippen LogP contribution in [-0.4, -0.2) is 17.0 Å². The molecule has 27 heavy (non-hydrogen) atoms. The molecule has 4 nitrogen and oxygen atoms in total. The Morgan fingerprint density at radius 2 is 1.67 bits per heavy atom. The van der Waals surface area contributed by atoms with Gasteiger partial charge in [-0.05, 0) is 35.6 Å². The summed E-state index contributed by atoms with van der Waals surface area (Å²) in [5, 5.41) is 9.47. The van der Waals surface area contributed by atoms with Gasteiger partial charge in [0.2, 0.25) is 5.91 Å². The molecule has 1 aromatic heterocycles. The van der Waals surface area contributed by atoms with Gasteiger partial charge in [-0.2, -0.15) is 0 Å². The van der Waals surface area contributed by atoms with E-state index in [1.807, 2.05) is 48.5 Å². The van der Waals surface area contributed by atoms with Crippen LogP contribution in [0.5, 0.6) is 0 Å². The molecule has 3 N–H and O–H groups in total. The van der Waals surface area contributed by atoms with E-state index in [0.29, 0.717) is 22.7 Å². The monoisotopic (exact) mass is 397 g/mol. The molecule has 1 fully saturated rings. The summed E-state index contributed by atoms with van der Waals surface area (Å²) in [6.45, 7) is 0. The standard InChI is InChI=1S/C21H16ClNO3S/c22-17-11-16(19(23)24)18(27-17)15-4-2-1-3-14(15)12-5-7-13(8-6-12)21(9-10-21)20(25)26/h1-8,11H,9-10H2,(H2,23,24)(H,25,26). The third-order valence-electron chi connectivity index (χ3n) is 5.05. The van der Waals surface area contributed by atoms with E-state index in [9.17, 15) is 14.7 Å². The molecule has 0 atom stereocenters. The van der Waals surface area contributed by atoms with Gasteiger partial charge < -0.3 is 10.8 Å². The first-order valence-corrected chi connectivity index (χ1v) is 9.65. The van der Waals surface area contributed by atoms with Crippen LogP contribution in [0.4, 0.5) is 0 Å². The molecule has 1 saturated carbocycles. The summed E-state index contributed by atoms with van der Waals surface area (Å²) < 4.78 is 0.501. The highest BCUT2D eigenvalue weighted by atomic mass is 35.5. The fourth-order valence-electron chi connectivity index (χ4n) is 3.40. The maximum absolute atomic E-state index is 11.8. The quantitative estimate of drug-likeness (QED) is 0.639. The van der Waals surface area contributed by atoms with Gasteiger partial charge in [0.05, 0.1) is 15.3 Å². The fraction of sp³-hybridized carbons (Fsp3) is 0.143. The second kappa shape index (κ2) is 6.51. The molecule has 4 rings (SSSR count). The molecule has 2 aromatic carbocycles. The zero-order valence-corrected chi connectivity index (χ0v) is 15.8. The number of aliphatic carboxylic acids is 1. The minimum Gasteiger partial charge on any atom is -0.481 e. The maximum Gasteiger partial charge on any atom is 0.314 e. The van der Waals surface area contributed by atoms with Gasteiger partial charge in [0, 0.05) is 10.4 Å². The number of hydrogen-bond donors (Lipinski definition) is 2. The van der Waals surface area contributed by atoms with Crippen LogP contribution in [0.1, 0.15) is 28.8 Å². The molecule has 1 aliphatic rings. The van der Waals surface area contributed by atoms with Crippen molar-refractivity contribution in [3.8, 4) is 21.6 Å². The Labute approximate surface area is 165 Å². The summed E-state index contributed by atoms with van der Waals surface area (Å²) in [6, 6.07) is 16.9. The number of nitrogens with two attached hydrogens (primary N) is 1. The largest absolute Gasteiger partial charge is 0.481 e. The smallest absolute Gasteiger partial charge is 0.314 e. The SMILES string of the molecule is NC(=O)c1cc(Cl)sc1-c1ccccc1-c1ccc(C2(C(=O)O)CC2)cc1. The summed E-state index contributed by atoms with van der Waals surface area (Å²) in [6.07, 6.45) is 1.35. The minimum absolute atomic E-state index is 0.400. The molecule has 0 aliphatic heterocycles. The van der Waals surface area contributed by atoms with Crippen LogP contribution in [-0.2, 0) is 10.2 Å². The first kappa shape index (κ1) is 17.8. The van der Waals surface area contributed by atoms with Crippen LogP contribution >= 0.6 is 22.9 Å². The van der Waals surface area contributed by atoms with Crippen LogP contribution < -0.4 is 5.73 Å². The number of amides is 1. The van der Waals surface area contributed by atoms with Crippen LogP contribution in [0.15, 0.2) is 54.6 Å². The molecule has 136 valence electrons. The molecule has 1 amide bonds. The van der Waals surface area contributed by atoms with Crippen molar-refractivity contribution in [2.75, 3.05) is 0 Å². The molecule has 0 radical (unpaired) electrons. The lowest BCUT2D eigenvalue weighted by atomic mass is 9.92. The van der Waals surface area contributed by atoms with Gasteiger partial charge in [-0.3, -0.25) is 9.59 Å². The van der Waals surface area contributed by atoms with Crippen LogP contribution in [0, 0.1) is 0 Å². The average Bonchev–Trinajstić information content (AvgIpc) is 3.38. The number of rotatable bonds is 5. The second-order valence-corrected chi connectivity index (χ2v) is 8.35. The number of primary amides is 1. The molecular weight excluding hydrogens is 382 g/mol. The van der Waals surface area contributed by atoms with Crippen LogP contribution in [0.2, 0.25) is 4.34 Å². The van der Waals surface area contributed by atoms with E-state index in [4.69, 9.17) is 17.3 Å². The molecule has 1 heterocycles. The molecule has 6 heteroatoms. The van der Waals surface area contributed by atoms with E-state index in [1.165, 1.54) is 11.3 Å². The summed E-state index contributed by atoms with van der Waals surface area (Å²) in [7, 11) is 0. The number of carboxylic acid groups (broad SMARTS) is 1. The summed E-state index contributed by atoms with van der Waals surface area (Å²) >= 11 is 7.43. The topological polar surface area (TPSA) is 80.4 Å². The van der Waals surface area contributed by atoms with E-state index < -0.39 is 17.3 Å². The van der Waals surface area contributed by atoms with Crippen molar-refractivity contribution in [2.24, 2.45) is 5.73 Å². The number of halogens is 1. The Bertz CT molecular complexity index is 1050. The lowest BCUT2D eigenvalue weighted by Gasteiger charge is -2.13. The Morgan fingerprint density at radius 3 is 2.22 bits per heavy atom. The lowest BCUT2D eigenvalue weighted by molar-refractivity contribution is -0.140. The van der Waals surface area contributed by atoms with Crippen LogP contribution in [0.25, 0.3) is 21.6 Å². The molecule has 0 unspecified atom stereocenters. The van der Waals surface area contributed by atoms with Gasteiger partial charge >= 0.3 is 5.97 Å². The highest BCUT2D eigenvalue weighted by molar-refractivity contribution is 7.19. The van der Waals surface area contributed by atoms with Gasteiger partial charge in [-0.1, -0.05) is 60.1 Å². The number of thiophene rings is 1. The van der Waals surface area contributed by atoms with Crippen LogP contribution in [0.3, 0.4) is 0 Å². The predicted molar refractivity (Wildman–Crippen MR) is 107 cm³/mol. The Kier molecular flexibility index (Phi) is 4.29. The van der Waals surface area contributed by atoms with Gasteiger partial charge in [0.15, 0.2) is 0 Å². The molecule has 0 bridgehead atoms. The van der Waals surface area contributed by atoms with Crippen molar-refractivity contribution >= 4 is 34.8 Å². The molecule has 0 saturated heterocycles. The normalized spacial score (nSPS) is 14.7. The number of hydrogen-bond acceptors (Lipinski definition) is 3. The highest BCUT2D eigenvalue weighted by Gasteiger charge is 2.51. The van der Waals surface area contributed by atoms with Gasteiger partial charge in [-0.15, -0.1) is 11.3 Å². The Morgan fingerprint density at radius 1 is 1.04 bits per heavy atom. The zero-order chi connectivity index (χ0) is 19.2. The third kappa shape index (κ3) is 3.03. The third-order valence-corrected chi connectivity index (χ3v) is 6.34. The van der Waals surface area contributed by atoms with Gasteiger partial charge in [0.25, 0.3) is 0 Å². The summed E-state index contributed by atoms with van der Waals surface area (Å²) in [4.78, 5) is 24.1. The molecular formula is C21H16ClNO3S. The number of benzene rings is 2. The first-order valence-electron chi connectivity index (χ1n) is 8.45.